The number of nitrogens with zero attached hydrogens (tertiary/aromatic N) is 1. The van der Waals surface area contributed by atoms with Crippen molar-refractivity contribution >= 4 is 12.1 Å². The molecule has 1 saturated heterocycles. The summed E-state index contributed by atoms with van der Waals surface area (Å²) in [5, 5.41) is 0. The molecule has 0 N–H and O–H groups in total. The number of rotatable bonds is 2. The molecule has 2 fully saturated rings. The van der Waals surface area contributed by atoms with Crippen molar-refractivity contribution in [2.75, 3.05) is 19.7 Å². The number of fused-ring (bicyclic) bond motifs is 1. The summed E-state index contributed by atoms with van der Waals surface area (Å²) >= 11 is 0. The Morgan fingerprint density at radius 3 is 2.60 bits per heavy atom. The maximum absolute atomic E-state index is 12.1. The monoisotopic (exact) mass is 283 g/mol. The first kappa shape index (κ1) is 15.1. The van der Waals surface area contributed by atoms with Crippen molar-refractivity contribution < 1.29 is 19.1 Å². The highest BCUT2D eigenvalue weighted by atomic mass is 16.6. The Morgan fingerprint density at radius 1 is 1.30 bits per heavy atom. The summed E-state index contributed by atoms with van der Waals surface area (Å²) in [5.74, 6) is 0.282. The molecule has 0 aromatic heterocycles. The Labute approximate surface area is 120 Å². The van der Waals surface area contributed by atoms with Gasteiger partial charge in [0.1, 0.15) is 5.60 Å². The van der Waals surface area contributed by atoms with E-state index in [2.05, 4.69) is 0 Å². The van der Waals surface area contributed by atoms with Gasteiger partial charge in [0.15, 0.2) is 0 Å². The molecule has 2 unspecified atom stereocenters. The topological polar surface area (TPSA) is 55.8 Å². The summed E-state index contributed by atoms with van der Waals surface area (Å²) in [6.07, 6.45) is 2.18. The van der Waals surface area contributed by atoms with Gasteiger partial charge in [0.25, 0.3) is 0 Å². The molecule has 1 heterocycles. The Bertz CT molecular complexity index is 401. The fourth-order valence-electron chi connectivity index (χ4n) is 2.96. The van der Waals surface area contributed by atoms with E-state index in [0.29, 0.717) is 32.0 Å². The van der Waals surface area contributed by atoms with E-state index >= 15 is 0 Å². The molecule has 1 saturated carbocycles. The molecule has 1 amide bonds. The normalized spacial score (nSPS) is 29.2. The third kappa shape index (κ3) is 3.07. The smallest absolute Gasteiger partial charge is 0.410 e. The summed E-state index contributed by atoms with van der Waals surface area (Å²) in [4.78, 5) is 25.9. The summed E-state index contributed by atoms with van der Waals surface area (Å²) in [6, 6.07) is 0. The minimum absolute atomic E-state index is 0.0870. The lowest BCUT2D eigenvalue weighted by atomic mass is 9.99. The van der Waals surface area contributed by atoms with Crippen LogP contribution in [0.3, 0.4) is 0 Å². The highest BCUT2D eigenvalue weighted by Gasteiger charge is 2.61. The predicted octanol–water partition coefficient (Wildman–Crippen LogP) is 2.59. The third-order valence-corrected chi connectivity index (χ3v) is 4.14. The van der Waals surface area contributed by atoms with E-state index in [4.69, 9.17) is 9.47 Å². The van der Waals surface area contributed by atoms with Crippen LogP contribution in [0.1, 0.15) is 47.0 Å². The number of hydrogen-bond donors (Lipinski definition) is 0. The van der Waals surface area contributed by atoms with Crippen LogP contribution in [0.15, 0.2) is 0 Å². The van der Waals surface area contributed by atoms with Gasteiger partial charge in [-0.2, -0.15) is 0 Å². The fourth-order valence-corrected chi connectivity index (χ4v) is 2.96. The molecule has 0 spiro atoms. The van der Waals surface area contributed by atoms with Gasteiger partial charge < -0.3 is 14.4 Å². The van der Waals surface area contributed by atoms with Crippen LogP contribution >= 0.6 is 0 Å². The molecule has 0 bridgehead atoms. The molecule has 0 radical (unpaired) electrons. The van der Waals surface area contributed by atoms with Crippen molar-refractivity contribution in [3.63, 3.8) is 0 Å². The number of ether oxygens (including phenoxy) is 2. The first-order valence-electron chi connectivity index (χ1n) is 7.43. The van der Waals surface area contributed by atoms with E-state index in [1.807, 2.05) is 27.7 Å². The van der Waals surface area contributed by atoms with Gasteiger partial charge in [-0.05, 0) is 52.9 Å². The van der Waals surface area contributed by atoms with Gasteiger partial charge in [0.05, 0.1) is 12.0 Å². The van der Waals surface area contributed by atoms with E-state index in [9.17, 15) is 9.59 Å². The molecule has 1 aliphatic carbocycles. The van der Waals surface area contributed by atoms with Crippen LogP contribution in [0.25, 0.3) is 0 Å². The van der Waals surface area contributed by atoms with Crippen LogP contribution < -0.4 is 0 Å². The van der Waals surface area contributed by atoms with E-state index in [1.54, 1.807) is 4.90 Å². The largest absolute Gasteiger partial charge is 0.466 e. The van der Waals surface area contributed by atoms with Crippen molar-refractivity contribution in [2.24, 2.45) is 11.3 Å². The Morgan fingerprint density at radius 2 is 2.00 bits per heavy atom. The summed E-state index contributed by atoms with van der Waals surface area (Å²) in [7, 11) is 0. The van der Waals surface area contributed by atoms with Gasteiger partial charge in [-0.1, -0.05) is 0 Å². The standard InChI is InChI=1S/C15H25NO4/c1-5-19-12(17)15-7-9-16(8-6-11(15)10-15)13(18)20-14(2,3)4/h11H,5-10H2,1-4H3. The number of esters is 1. The Kier molecular flexibility index (Phi) is 3.98. The van der Waals surface area contributed by atoms with E-state index < -0.39 is 5.60 Å². The average Bonchev–Trinajstić information content (AvgIpc) is 3.01. The molecule has 5 nitrogen and oxygen atoms in total. The first-order valence-corrected chi connectivity index (χ1v) is 7.43. The minimum Gasteiger partial charge on any atom is -0.466 e. The Balaban J connectivity index is 1.94. The van der Waals surface area contributed by atoms with Crippen LogP contribution in [0.5, 0.6) is 0 Å². The van der Waals surface area contributed by atoms with Crippen molar-refractivity contribution in [2.45, 2.75) is 52.6 Å². The lowest BCUT2D eigenvalue weighted by Crippen LogP contribution is -2.38. The molecule has 114 valence electrons. The van der Waals surface area contributed by atoms with E-state index in [1.165, 1.54) is 0 Å². The quantitative estimate of drug-likeness (QED) is 0.731. The SMILES string of the molecule is CCOC(=O)C12CCN(C(=O)OC(C)(C)C)CCC1C2. The first-order chi connectivity index (χ1) is 9.28. The molecule has 20 heavy (non-hydrogen) atoms. The molecular weight excluding hydrogens is 258 g/mol. The molecular formula is C15H25NO4. The van der Waals surface area contributed by atoms with E-state index in [-0.39, 0.29) is 17.5 Å². The molecule has 5 heteroatoms. The van der Waals surface area contributed by atoms with Crippen molar-refractivity contribution in [1.82, 2.24) is 4.90 Å². The van der Waals surface area contributed by atoms with E-state index in [0.717, 1.165) is 12.8 Å². The highest BCUT2D eigenvalue weighted by molar-refractivity contribution is 5.81. The average molecular weight is 283 g/mol. The zero-order valence-electron chi connectivity index (χ0n) is 12.9. The van der Waals surface area contributed by atoms with Crippen LogP contribution in [0.2, 0.25) is 0 Å². The molecule has 0 aromatic rings. The maximum atomic E-state index is 12.1. The summed E-state index contributed by atoms with van der Waals surface area (Å²) < 4.78 is 10.6. The molecule has 0 aromatic carbocycles. The lowest BCUT2D eigenvalue weighted by Gasteiger charge is -2.27. The minimum atomic E-state index is -0.481. The van der Waals surface area contributed by atoms with Crippen LogP contribution in [0, 0.1) is 11.3 Å². The summed E-state index contributed by atoms with van der Waals surface area (Å²) in [5.41, 5.74) is -0.808. The van der Waals surface area contributed by atoms with Gasteiger partial charge >= 0.3 is 12.1 Å². The Hall–Kier alpha value is -1.26. The molecule has 2 aliphatic rings. The van der Waals surface area contributed by atoms with Crippen molar-refractivity contribution in [3.8, 4) is 0 Å². The molecule has 1 aliphatic heterocycles. The maximum Gasteiger partial charge on any atom is 0.410 e. The zero-order chi connectivity index (χ0) is 15.0. The lowest BCUT2D eigenvalue weighted by molar-refractivity contribution is -0.150. The third-order valence-electron chi connectivity index (χ3n) is 4.14. The van der Waals surface area contributed by atoms with Gasteiger partial charge in [-0.25, -0.2) is 4.79 Å². The number of amides is 1. The van der Waals surface area contributed by atoms with Crippen LogP contribution in [0.4, 0.5) is 4.79 Å². The predicted molar refractivity (Wildman–Crippen MR) is 74.2 cm³/mol. The summed E-state index contributed by atoms with van der Waals surface area (Å²) in [6.45, 7) is 9.07. The van der Waals surface area contributed by atoms with Crippen molar-refractivity contribution in [1.29, 1.82) is 0 Å². The van der Waals surface area contributed by atoms with Gasteiger partial charge in [-0.15, -0.1) is 0 Å². The van der Waals surface area contributed by atoms with Gasteiger partial charge in [0, 0.05) is 13.1 Å². The van der Waals surface area contributed by atoms with Crippen molar-refractivity contribution in [3.05, 3.63) is 0 Å². The second-order valence-electron chi connectivity index (χ2n) is 6.78. The number of carbonyl (C=O) groups is 2. The molecule has 2 rings (SSSR count). The second kappa shape index (κ2) is 5.26. The van der Waals surface area contributed by atoms with Crippen LogP contribution in [-0.2, 0) is 14.3 Å². The fraction of sp³-hybridized carbons (Fsp3) is 0.867. The number of likely N-dealkylation sites (tertiary alicyclic amines) is 1. The van der Waals surface area contributed by atoms with Gasteiger partial charge in [0.2, 0.25) is 0 Å². The number of hydrogen-bond acceptors (Lipinski definition) is 4. The second-order valence-corrected chi connectivity index (χ2v) is 6.78. The molecule has 2 atom stereocenters. The number of carbonyl (C=O) groups excluding carboxylic acids is 2. The highest BCUT2D eigenvalue weighted by Crippen LogP contribution is 2.59. The van der Waals surface area contributed by atoms with Crippen LogP contribution in [-0.4, -0.2) is 42.3 Å². The van der Waals surface area contributed by atoms with Gasteiger partial charge in [-0.3, -0.25) is 4.79 Å². The zero-order valence-corrected chi connectivity index (χ0v) is 12.9.